The minimum Gasteiger partial charge on any atom is -0.257 e. The number of hydrogen-bond donors (Lipinski definition) is 0. The first-order valence-electron chi connectivity index (χ1n) is 3.35. The van der Waals surface area contributed by atoms with Crippen LogP contribution in [0.3, 0.4) is 0 Å². The fourth-order valence-corrected chi connectivity index (χ4v) is 1.04. The van der Waals surface area contributed by atoms with E-state index in [9.17, 15) is 4.39 Å². The van der Waals surface area contributed by atoms with Crippen molar-refractivity contribution in [1.82, 2.24) is 4.98 Å². The molecule has 0 aliphatic rings. The van der Waals surface area contributed by atoms with Crippen LogP contribution >= 0.6 is 11.6 Å². The van der Waals surface area contributed by atoms with Crippen LogP contribution in [-0.4, -0.2) is 10.9 Å². The molecular formula is C8H6ClFN2. The van der Waals surface area contributed by atoms with Crippen molar-refractivity contribution >= 4 is 11.6 Å². The smallest absolute Gasteiger partial charge is 0.146 e. The number of nitriles is 1. The van der Waals surface area contributed by atoms with Crippen molar-refractivity contribution in [2.75, 3.05) is 5.88 Å². The monoisotopic (exact) mass is 184 g/mol. The van der Waals surface area contributed by atoms with Crippen LogP contribution in [0.5, 0.6) is 0 Å². The first-order valence-corrected chi connectivity index (χ1v) is 3.89. The third-order valence-corrected chi connectivity index (χ3v) is 1.74. The maximum Gasteiger partial charge on any atom is 0.146 e. The predicted molar refractivity (Wildman–Crippen MR) is 43.3 cm³/mol. The summed E-state index contributed by atoms with van der Waals surface area (Å²) in [5.41, 5.74) is 0.120. The van der Waals surface area contributed by atoms with Gasteiger partial charge in [-0.25, -0.2) is 4.39 Å². The third kappa shape index (κ3) is 1.72. The molecule has 2 nitrogen and oxygen atoms in total. The number of alkyl halides is 1. The van der Waals surface area contributed by atoms with Crippen molar-refractivity contribution in [1.29, 1.82) is 5.26 Å². The summed E-state index contributed by atoms with van der Waals surface area (Å²) in [7, 11) is 0. The van der Waals surface area contributed by atoms with E-state index < -0.39 is 11.7 Å². The Labute approximate surface area is 74.6 Å². The Morgan fingerprint density at radius 2 is 2.50 bits per heavy atom. The molecular weight excluding hydrogens is 179 g/mol. The van der Waals surface area contributed by atoms with Crippen molar-refractivity contribution in [3.05, 3.63) is 29.8 Å². The summed E-state index contributed by atoms with van der Waals surface area (Å²) in [6.07, 6.45) is 1.44. The summed E-state index contributed by atoms with van der Waals surface area (Å²) < 4.78 is 12.9. The molecule has 1 atom stereocenters. The van der Waals surface area contributed by atoms with E-state index in [2.05, 4.69) is 4.98 Å². The Morgan fingerprint density at radius 1 is 1.75 bits per heavy atom. The predicted octanol–water partition coefficient (Wildman–Crippen LogP) is 2.07. The first kappa shape index (κ1) is 8.95. The summed E-state index contributed by atoms with van der Waals surface area (Å²) in [6.45, 7) is 0. The average Bonchev–Trinajstić information content (AvgIpc) is 2.10. The summed E-state index contributed by atoms with van der Waals surface area (Å²) in [5, 5.41) is 8.56. The van der Waals surface area contributed by atoms with Gasteiger partial charge in [0.2, 0.25) is 0 Å². The van der Waals surface area contributed by atoms with E-state index in [1.165, 1.54) is 18.3 Å². The Morgan fingerprint density at radius 3 is 3.00 bits per heavy atom. The van der Waals surface area contributed by atoms with Gasteiger partial charge in [0, 0.05) is 12.1 Å². The van der Waals surface area contributed by atoms with Crippen LogP contribution < -0.4 is 0 Å². The molecule has 1 rings (SSSR count). The molecule has 0 bridgehead atoms. The highest BCUT2D eigenvalue weighted by molar-refractivity contribution is 6.18. The lowest BCUT2D eigenvalue weighted by Gasteiger charge is -2.03. The van der Waals surface area contributed by atoms with E-state index in [0.717, 1.165) is 0 Å². The summed E-state index contributed by atoms with van der Waals surface area (Å²) in [6, 6.07) is 4.61. The molecule has 0 radical (unpaired) electrons. The lowest BCUT2D eigenvalue weighted by atomic mass is 10.1. The highest BCUT2D eigenvalue weighted by Crippen LogP contribution is 2.16. The van der Waals surface area contributed by atoms with Gasteiger partial charge in [-0.3, -0.25) is 4.98 Å². The quantitative estimate of drug-likeness (QED) is 0.660. The SMILES string of the molecule is N#CC(CCl)c1ncccc1F. The zero-order valence-electron chi connectivity index (χ0n) is 6.17. The van der Waals surface area contributed by atoms with E-state index in [1.807, 2.05) is 6.07 Å². The lowest BCUT2D eigenvalue weighted by molar-refractivity contribution is 0.595. The number of halogens is 2. The van der Waals surface area contributed by atoms with Crippen LogP contribution in [0, 0.1) is 17.1 Å². The Kier molecular flexibility index (Phi) is 3.01. The lowest BCUT2D eigenvalue weighted by Crippen LogP contribution is -2.03. The molecule has 0 saturated carbocycles. The van der Waals surface area contributed by atoms with Crippen LogP contribution in [0.1, 0.15) is 11.6 Å². The molecule has 0 aliphatic carbocycles. The largest absolute Gasteiger partial charge is 0.257 e. The third-order valence-electron chi connectivity index (χ3n) is 1.43. The maximum absolute atomic E-state index is 12.9. The molecule has 0 aromatic carbocycles. The van der Waals surface area contributed by atoms with Gasteiger partial charge in [0.25, 0.3) is 0 Å². The molecule has 0 aliphatic heterocycles. The van der Waals surface area contributed by atoms with Crippen LogP contribution in [-0.2, 0) is 0 Å². The van der Waals surface area contributed by atoms with Gasteiger partial charge in [0.1, 0.15) is 11.7 Å². The Bertz CT molecular complexity index is 308. The van der Waals surface area contributed by atoms with E-state index in [4.69, 9.17) is 16.9 Å². The second-order valence-electron chi connectivity index (χ2n) is 2.21. The number of rotatable bonds is 2. The molecule has 0 amide bonds. The number of nitrogens with zero attached hydrogens (tertiary/aromatic N) is 2. The molecule has 1 aromatic rings. The highest BCUT2D eigenvalue weighted by Gasteiger charge is 2.14. The van der Waals surface area contributed by atoms with Gasteiger partial charge in [-0.05, 0) is 12.1 Å². The second kappa shape index (κ2) is 4.03. The second-order valence-corrected chi connectivity index (χ2v) is 2.52. The number of hydrogen-bond acceptors (Lipinski definition) is 2. The van der Waals surface area contributed by atoms with Gasteiger partial charge in [0.05, 0.1) is 11.8 Å². The summed E-state index contributed by atoms with van der Waals surface area (Å²) in [5.74, 6) is -1.08. The van der Waals surface area contributed by atoms with Gasteiger partial charge in [-0.1, -0.05) is 0 Å². The van der Waals surface area contributed by atoms with Crippen LogP contribution in [0.2, 0.25) is 0 Å². The highest BCUT2D eigenvalue weighted by atomic mass is 35.5. The van der Waals surface area contributed by atoms with Crippen molar-refractivity contribution in [2.24, 2.45) is 0 Å². The standard InChI is InChI=1S/C8H6ClFN2/c9-4-6(5-11)8-7(10)2-1-3-12-8/h1-3,6H,4H2. The molecule has 62 valence electrons. The molecule has 0 fully saturated rings. The van der Waals surface area contributed by atoms with Gasteiger partial charge in [-0.15, -0.1) is 11.6 Å². The molecule has 1 aromatic heterocycles. The molecule has 0 spiro atoms. The van der Waals surface area contributed by atoms with Crippen molar-refractivity contribution in [2.45, 2.75) is 5.92 Å². The van der Waals surface area contributed by atoms with E-state index >= 15 is 0 Å². The summed E-state index contributed by atoms with van der Waals surface area (Å²) >= 11 is 5.45. The maximum atomic E-state index is 12.9. The van der Waals surface area contributed by atoms with E-state index in [0.29, 0.717) is 0 Å². The van der Waals surface area contributed by atoms with Crippen molar-refractivity contribution < 1.29 is 4.39 Å². The van der Waals surface area contributed by atoms with Crippen LogP contribution in [0.15, 0.2) is 18.3 Å². The Hall–Kier alpha value is -1.14. The molecule has 4 heteroatoms. The molecule has 0 saturated heterocycles. The van der Waals surface area contributed by atoms with Crippen molar-refractivity contribution in [3.8, 4) is 6.07 Å². The molecule has 1 unspecified atom stereocenters. The average molecular weight is 185 g/mol. The zero-order valence-corrected chi connectivity index (χ0v) is 6.92. The van der Waals surface area contributed by atoms with Crippen molar-refractivity contribution in [3.63, 3.8) is 0 Å². The fraction of sp³-hybridized carbons (Fsp3) is 0.250. The van der Waals surface area contributed by atoms with E-state index in [1.54, 1.807) is 0 Å². The molecule has 1 heterocycles. The zero-order chi connectivity index (χ0) is 8.97. The van der Waals surface area contributed by atoms with E-state index in [-0.39, 0.29) is 11.6 Å². The van der Waals surface area contributed by atoms with Gasteiger partial charge in [-0.2, -0.15) is 5.26 Å². The molecule has 0 N–H and O–H groups in total. The van der Waals surface area contributed by atoms with Gasteiger partial charge < -0.3 is 0 Å². The molecule has 12 heavy (non-hydrogen) atoms. The normalized spacial score (nSPS) is 12.1. The number of aromatic nitrogens is 1. The minimum atomic E-state index is -0.659. The number of pyridine rings is 1. The van der Waals surface area contributed by atoms with Crippen LogP contribution in [0.25, 0.3) is 0 Å². The fourth-order valence-electron chi connectivity index (χ4n) is 0.823. The summed E-state index contributed by atoms with van der Waals surface area (Å²) in [4.78, 5) is 3.74. The van der Waals surface area contributed by atoms with Gasteiger partial charge in [0.15, 0.2) is 0 Å². The first-order chi connectivity index (χ1) is 5.79. The topological polar surface area (TPSA) is 36.7 Å². The Balaban J connectivity index is 3.02. The van der Waals surface area contributed by atoms with Gasteiger partial charge >= 0.3 is 0 Å². The van der Waals surface area contributed by atoms with Crippen LogP contribution in [0.4, 0.5) is 4.39 Å². The minimum absolute atomic E-state index is 0.0600.